The van der Waals surface area contributed by atoms with E-state index in [1.165, 1.54) is 4.68 Å². The summed E-state index contributed by atoms with van der Waals surface area (Å²) in [5.41, 5.74) is 9.87. The Kier molecular flexibility index (Phi) is 4.91. The van der Waals surface area contributed by atoms with Gasteiger partial charge in [0.2, 0.25) is 0 Å². The van der Waals surface area contributed by atoms with E-state index in [4.69, 9.17) is 10.3 Å². The number of nitrogen functional groups attached to an aromatic ring is 1. The Morgan fingerprint density at radius 1 is 0.970 bits per heavy atom. The smallest absolute Gasteiger partial charge is 0.174 e. The third kappa shape index (κ3) is 3.50. The summed E-state index contributed by atoms with van der Waals surface area (Å²) in [4.78, 5) is 0. The number of hydrogen-bond donors (Lipinski definition) is 1. The predicted molar refractivity (Wildman–Crippen MR) is 126 cm³/mol. The number of fused-ring (bicyclic) bond motifs is 1. The minimum Gasteiger partial charge on any atom is -0.382 e. The predicted octanol–water partition coefficient (Wildman–Crippen LogP) is 5.20. The van der Waals surface area contributed by atoms with E-state index in [0.717, 1.165) is 16.5 Å². The number of nitriles is 2. The fraction of sp³-hybridized carbons (Fsp3) is 0. The van der Waals surface area contributed by atoms with Gasteiger partial charge in [0.05, 0.1) is 16.6 Å². The van der Waals surface area contributed by atoms with Crippen molar-refractivity contribution in [2.45, 2.75) is 0 Å². The largest absolute Gasteiger partial charge is 0.382 e. The van der Waals surface area contributed by atoms with Gasteiger partial charge in [-0.25, -0.2) is 4.68 Å². The van der Waals surface area contributed by atoms with Crippen LogP contribution < -0.4 is 5.73 Å². The van der Waals surface area contributed by atoms with E-state index in [-0.39, 0.29) is 22.6 Å². The van der Waals surface area contributed by atoms with Crippen molar-refractivity contribution in [1.82, 2.24) is 14.9 Å². The minimum absolute atomic E-state index is 0.155. The van der Waals surface area contributed by atoms with E-state index in [2.05, 4.69) is 22.4 Å². The van der Waals surface area contributed by atoms with Gasteiger partial charge in [-0.3, -0.25) is 0 Å². The highest BCUT2D eigenvalue weighted by atomic mass is 16.5. The lowest BCUT2D eigenvalue weighted by Gasteiger charge is -2.02. The van der Waals surface area contributed by atoms with Crippen molar-refractivity contribution in [2.24, 2.45) is 0 Å². The molecule has 0 atom stereocenters. The molecule has 7 nitrogen and oxygen atoms in total. The topological polar surface area (TPSA) is 117 Å². The maximum Gasteiger partial charge on any atom is 0.174 e. The molecule has 0 aliphatic rings. The van der Waals surface area contributed by atoms with Gasteiger partial charge in [-0.15, -0.1) is 0 Å². The standard InChI is InChI=1S/C26H16N6O/c27-15-19(24-22(16-28)26(29)32(30-24)20-9-5-2-6-10-20)13-17-11-12-23-21(14-17)25(33-31-23)18-7-3-1-4-8-18/h1-14H,29H2. The zero-order valence-electron chi connectivity index (χ0n) is 17.3. The summed E-state index contributed by atoms with van der Waals surface area (Å²) in [6.45, 7) is 0. The van der Waals surface area contributed by atoms with Crippen LogP contribution in [0.3, 0.4) is 0 Å². The van der Waals surface area contributed by atoms with Crippen molar-refractivity contribution >= 4 is 28.4 Å². The summed E-state index contributed by atoms with van der Waals surface area (Å²) in [5, 5.41) is 29.0. The number of hydrogen-bond acceptors (Lipinski definition) is 6. The van der Waals surface area contributed by atoms with Crippen LogP contribution in [-0.2, 0) is 0 Å². The molecule has 0 amide bonds. The van der Waals surface area contributed by atoms with Crippen molar-refractivity contribution in [3.63, 3.8) is 0 Å². The SMILES string of the molecule is N#CC(=Cc1ccc2noc(-c3ccccc3)c2c1)c1nn(-c2ccccc2)c(N)c1C#N. The van der Waals surface area contributed by atoms with Crippen molar-refractivity contribution in [3.05, 3.63) is 95.7 Å². The molecule has 0 aliphatic heterocycles. The first kappa shape index (κ1) is 19.8. The second-order valence-electron chi connectivity index (χ2n) is 7.29. The maximum absolute atomic E-state index is 9.89. The molecule has 0 unspecified atom stereocenters. The van der Waals surface area contributed by atoms with E-state index >= 15 is 0 Å². The van der Waals surface area contributed by atoms with Crippen LogP contribution in [0, 0.1) is 22.7 Å². The molecule has 156 valence electrons. The number of allylic oxidation sites excluding steroid dienone is 1. The van der Waals surface area contributed by atoms with Crippen LogP contribution in [0.1, 0.15) is 16.8 Å². The summed E-state index contributed by atoms with van der Waals surface area (Å²) >= 11 is 0. The lowest BCUT2D eigenvalue weighted by molar-refractivity contribution is 0.441. The quantitative estimate of drug-likeness (QED) is 0.393. The van der Waals surface area contributed by atoms with Gasteiger partial charge in [0.15, 0.2) is 5.76 Å². The van der Waals surface area contributed by atoms with Crippen LogP contribution in [0.25, 0.3) is 39.6 Å². The normalized spacial score (nSPS) is 11.3. The molecule has 0 saturated heterocycles. The molecule has 0 aliphatic carbocycles. The Hall–Kier alpha value is -5.14. The van der Waals surface area contributed by atoms with Crippen LogP contribution >= 0.6 is 0 Å². The second-order valence-corrected chi connectivity index (χ2v) is 7.29. The van der Waals surface area contributed by atoms with Crippen LogP contribution in [0.15, 0.2) is 83.4 Å². The van der Waals surface area contributed by atoms with E-state index in [0.29, 0.717) is 17.0 Å². The lowest BCUT2D eigenvalue weighted by Crippen LogP contribution is -2.02. The molecule has 0 radical (unpaired) electrons. The molecular weight excluding hydrogens is 412 g/mol. The highest BCUT2D eigenvalue weighted by Crippen LogP contribution is 2.31. The first-order valence-corrected chi connectivity index (χ1v) is 10.1. The highest BCUT2D eigenvalue weighted by Gasteiger charge is 2.20. The molecule has 3 aromatic carbocycles. The van der Waals surface area contributed by atoms with E-state index in [9.17, 15) is 10.5 Å². The molecular formula is C26H16N6O. The van der Waals surface area contributed by atoms with E-state index < -0.39 is 0 Å². The molecule has 2 heterocycles. The monoisotopic (exact) mass is 428 g/mol. The average molecular weight is 428 g/mol. The second kappa shape index (κ2) is 8.18. The lowest BCUT2D eigenvalue weighted by atomic mass is 10.0. The van der Waals surface area contributed by atoms with Crippen molar-refractivity contribution in [1.29, 1.82) is 10.5 Å². The van der Waals surface area contributed by atoms with E-state index in [1.807, 2.05) is 78.9 Å². The van der Waals surface area contributed by atoms with Gasteiger partial charge in [-0.05, 0) is 35.9 Å². The van der Waals surface area contributed by atoms with Gasteiger partial charge in [0, 0.05) is 5.56 Å². The number of anilines is 1. The Morgan fingerprint density at radius 2 is 1.70 bits per heavy atom. The highest BCUT2D eigenvalue weighted by molar-refractivity contribution is 5.96. The first-order chi connectivity index (χ1) is 16.2. The molecule has 0 bridgehead atoms. The van der Waals surface area contributed by atoms with Gasteiger partial charge in [-0.2, -0.15) is 15.6 Å². The number of benzene rings is 3. The van der Waals surface area contributed by atoms with Crippen molar-refractivity contribution in [3.8, 4) is 29.1 Å². The Labute approximate surface area is 189 Å². The molecule has 7 heteroatoms. The van der Waals surface area contributed by atoms with Gasteiger partial charge in [0.25, 0.3) is 0 Å². The van der Waals surface area contributed by atoms with Crippen molar-refractivity contribution < 1.29 is 4.52 Å². The van der Waals surface area contributed by atoms with Gasteiger partial charge in [-0.1, -0.05) is 59.8 Å². The zero-order valence-corrected chi connectivity index (χ0v) is 17.3. The fourth-order valence-corrected chi connectivity index (χ4v) is 3.66. The molecule has 2 aromatic heterocycles. The van der Waals surface area contributed by atoms with E-state index in [1.54, 1.807) is 6.08 Å². The summed E-state index contributed by atoms with van der Waals surface area (Å²) in [5.74, 6) is 0.829. The van der Waals surface area contributed by atoms with Crippen LogP contribution in [0.5, 0.6) is 0 Å². The molecule has 2 N–H and O–H groups in total. The fourth-order valence-electron chi connectivity index (χ4n) is 3.66. The number of rotatable bonds is 4. The van der Waals surface area contributed by atoms with Gasteiger partial charge < -0.3 is 10.3 Å². The average Bonchev–Trinajstić information content (AvgIpc) is 3.44. The van der Waals surface area contributed by atoms with Crippen LogP contribution in [0.4, 0.5) is 5.82 Å². The Morgan fingerprint density at radius 3 is 2.39 bits per heavy atom. The van der Waals surface area contributed by atoms with Crippen LogP contribution in [0.2, 0.25) is 0 Å². The third-order valence-corrected chi connectivity index (χ3v) is 5.26. The third-order valence-electron chi connectivity index (χ3n) is 5.26. The number of aromatic nitrogens is 3. The summed E-state index contributed by atoms with van der Waals surface area (Å²) < 4.78 is 7.03. The number of para-hydroxylation sites is 1. The number of nitrogens with two attached hydrogens (primary N) is 1. The maximum atomic E-state index is 9.89. The Bertz CT molecular complexity index is 1580. The first-order valence-electron chi connectivity index (χ1n) is 10.1. The summed E-state index contributed by atoms with van der Waals surface area (Å²) in [6.07, 6.45) is 1.68. The van der Waals surface area contributed by atoms with Crippen molar-refractivity contribution in [2.75, 3.05) is 5.73 Å². The van der Waals surface area contributed by atoms with Gasteiger partial charge >= 0.3 is 0 Å². The molecule has 0 spiro atoms. The molecule has 5 aromatic rings. The molecule has 0 saturated carbocycles. The van der Waals surface area contributed by atoms with Gasteiger partial charge in [0.1, 0.15) is 34.7 Å². The zero-order chi connectivity index (χ0) is 22.8. The summed E-state index contributed by atoms with van der Waals surface area (Å²) in [7, 11) is 0. The summed E-state index contributed by atoms with van der Waals surface area (Å²) in [6, 6.07) is 28.7. The van der Waals surface area contributed by atoms with Crippen LogP contribution in [-0.4, -0.2) is 14.9 Å². The molecule has 33 heavy (non-hydrogen) atoms. The molecule has 5 rings (SSSR count). The number of nitrogens with zero attached hydrogens (tertiary/aromatic N) is 5. The Balaban J connectivity index is 1.62. The minimum atomic E-state index is 0.155. The molecule has 0 fully saturated rings.